The minimum absolute atomic E-state index is 0.0509. The van der Waals surface area contributed by atoms with Gasteiger partial charge in [-0.3, -0.25) is 19.4 Å². The highest BCUT2D eigenvalue weighted by Gasteiger charge is 2.80. The Labute approximate surface area is 502 Å². The van der Waals surface area contributed by atoms with Gasteiger partial charge in [0.05, 0.1) is 53.8 Å². The number of aliphatic hydroxyl groups excluding tert-OH is 2. The number of cyclic esters (lactones) is 1. The molecule has 0 radical (unpaired) electrons. The molecule has 23 atom stereocenters. The van der Waals surface area contributed by atoms with Gasteiger partial charge < -0.3 is 57.1 Å². The number of benzene rings is 1. The Morgan fingerprint density at radius 1 is 0.893 bits per heavy atom. The zero-order valence-electron chi connectivity index (χ0n) is 49.3. The number of aromatic nitrogens is 1. The van der Waals surface area contributed by atoms with Crippen molar-refractivity contribution in [1.82, 2.24) is 10.3 Å². The first-order valence-electron chi connectivity index (χ1n) is 31.7. The van der Waals surface area contributed by atoms with E-state index in [-0.39, 0.29) is 127 Å². The number of nitrogens with zero attached hydrogens (tertiary/aromatic N) is 1. The number of Topliss-reactive ketones (excluding diaryl/α,β-unsaturated/α-hetero) is 2. The summed E-state index contributed by atoms with van der Waals surface area (Å²) in [7, 11) is 3.11. The highest BCUT2D eigenvalue weighted by atomic mass is 33.1. The Balaban J connectivity index is 1.01. The molecule has 2 saturated heterocycles. The number of esters is 1. The molecule has 3 heterocycles. The van der Waals surface area contributed by atoms with Crippen LogP contribution in [-0.2, 0) is 19.1 Å². The molecule has 1 aromatic carbocycles. The Kier molecular flexibility index (Phi) is 15.0. The Hall–Kier alpha value is -4.28. The van der Waals surface area contributed by atoms with Gasteiger partial charge in [0.25, 0.3) is 0 Å². The van der Waals surface area contributed by atoms with Crippen molar-refractivity contribution in [3.8, 4) is 17.6 Å². The zero-order chi connectivity index (χ0) is 59.0. The number of aromatic amines is 1. The molecule has 0 amide bonds. The van der Waals surface area contributed by atoms with Gasteiger partial charge in [-0.05, 0) is 183 Å². The molecule has 0 unspecified atom stereocenters. The molecule has 9 aliphatic carbocycles. The number of aromatic hydroxyl groups is 1. The summed E-state index contributed by atoms with van der Waals surface area (Å²) in [5.74, 6) is 3.53. The highest BCUT2D eigenvalue weighted by Crippen LogP contribution is 2.78. The maximum atomic E-state index is 16.3. The molecule has 12 N–H and O–H groups in total. The van der Waals surface area contributed by atoms with E-state index in [1.165, 1.54) is 16.4 Å². The lowest BCUT2D eigenvalue weighted by molar-refractivity contribution is -0.252. The second kappa shape index (κ2) is 21.5. The minimum Gasteiger partial charge on any atom is -0.508 e. The summed E-state index contributed by atoms with van der Waals surface area (Å²) in [5.41, 5.74) is 8.52. The standard InChI is InChI=1S/C67H89N5O10S2/c1-35-8-9-38-13-17-49-36(2)24-65(80)20-19-64(49,50(38)22-35)25-39(47-32-82-60(78)52(47)42-18-21-70-29-42)6-5-7-41-27-67(81)55-53(40-10-14-44(30-72-61(68)69)66(67,26-40)59(41)63(65,4)79)62(3)28-51(75)57(76)48-34-84-83-33-43(37-11-15-45(73)16-12-37)23-46(74)31-71-56(55)58(77)54(48)62/h11-13,15-16,18,21,29,35-36,39-41,43-44,47-54,57,59,70-71,73,75-76,79-81H,7-10,14,17,19-20,22-28,30-34H2,1-4H3,(H4,68,69,72)/t35-,36-,39-,40-,41+,43-,44-,47+,48-,49+,50+,51+,52-,53+,54+,57-,59-,62-,63-,64+,65-,66+,67-/m1/s1. The van der Waals surface area contributed by atoms with E-state index in [4.69, 9.17) is 21.2 Å². The summed E-state index contributed by atoms with van der Waals surface area (Å²) >= 11 is 0. The number of phenolic OH excluding ortho intramolecular Hbond substituents is 1. The number of ketones is 2. The van der Waals surface area contributed by atoms with Gasteiger partial charge in [-0.25, -0.2) is 0 Å². The molecule has 13 rings (SSSR count). The number of carbonyl (C=O) groups excluding carboxylic acids is 3. The summed E-state index contributed by atoms with van der Waals surface area (Å²) in [6.45, 7) is 8.71. The third-order valence-electron chi connectivity index (χ3n) is 25.2. The van der Waals surface area contributed by atoms with Crippen LogP contribution in [0.3, 0.4) is 0 Å². The van der Waals surface area contributed by atoms with Crippen LogP contribution in [0, 0.1) is 105 Å². The van der Waals surface area contributed by atoms with Crippen molar-refractivity contribution in [3.63, 3.8) is 0 Å². The number of ether oxygens (including phenoxy) is 1. The topological polar surface area (TPSA) is 274 Å². The number of guanidine groups is 1. The number of hydrogen-bond acceptors (Lipinski definition) is 14. The summed E-state index contributed by atoms with van der Waals surface area (Å²) in [6.07, 6.45) is 12.1. The van der Waals surface area contributed by atoms with E-state index < -0.39 is 81.3 Å². The van der Waals surface area contributed by atoms with Gasteiger partial charge in [-0.15, -0.1) is 5.92 Å². The maximum absolute atomic E-state index is 16.3. The van der Waals surface area contributed by atoms with Crippen molar-refractivity contribution in [1.29, 1.82) is 0 Å². The number of phenols is 1. The van der Waals surface area contributed by atoms with Crippen molar-refractivity contribution in [2.24, 2.45) is 110 Å². The lowest BCUT2D eigenvalue weighted by Crippen LogP contribution is -2.72. The van der Waals surface area contributed by atoms with E-state index in [1.54, 1.807) is 22.9 Å². The van der Waals surface area contributed by atoms with Crippen molar-refractivity contribution in [2.75, 3.05) is 31.2 Å². The molecule has 17 heteroatoms. The predicted molar refractivity (Wildman–Crippen MR) is 323 cm³/mol. The third-order valence-corrected chi connectivity index (χ3v) is 27.7. The van der Waals surface area contributed by atoms with Gasteiger partial charge >= 0.3 is 5.97 Å². The Morgan fingerprint density at radius 2 is 1.68 bits per heavy atom. The van der Waals surface area contributed by atoms with Crippen LogP contribution in [0.15, 0.2) is 70.6 Å². The number of aliphatic hydroxyl groups is 5. The first-order chi connectivity index (χ1) is 40.0. The van der Waals surface area contributed by atoms with E-state index in [0.717, 1.165) is 36.8 Å². The molecule has 2 spiro atoms. The van der Waals surface area contributed by atoms with E-state index in [1.807, 2.05) is 37.5 Å². The van der Waals surface area contributed by atoms with Crippen molar-refractivity contribution >= 4 is 45.1 Å². The molecule has 1 aromatic heterocycles. The first-order valence-corrected chi connectivity index (χ1v) is 34.2. The second-order valence-electron chi connectivity index (χ2n) is 29.2. The number of fused-ring (bicyclic) bond motifs is 10. The average molecular weight is 1190 g/mol. The number of rotatable bonds is 5. The molecular formula is C67H89N5O10S2. The zero-order valence-corrected chi connectivity index (χ0v) is 50.9. The maximum Gasteiger partial charge on any atom is 0.313 e. The van der Waals surface area contributed by atoms with E-state index in [2.05, 4.69) is 49.0 Å². The number of hydrogen-bond donors (Lipinski definition) is 10. The lowest BCUT2D eigenvalue weighted by Gasteiger charge is -2.69. The molecule has 2 aromatic rings. The Morgan fingerprint density at radius 3 is 2.44 bits per heavy atom. The van der Waals surface area contributed by atoms with Crippen LogP contribution in [0.25, 0.3) is 0 Å². The molecule has 11 aliphatic rings. The largest absolute Gasteiger partial charge is 0.508 e. The monoisotopic (exact) mass is 1190 g/mol. The van der Waals surface area contributed by atoms with Crippen LogP contribution in [0.1, 0.15) is 147 Å². The molecule has 15 nitrogen and oxygen atoms in total. The summed E-state index contributed by atoms with van der Waals surface area (Å²) < 4.78 is 6.06. The average Bonchev–Trinajstić information content (AvgIpc) is 1.49. The molecule has 84 heavy (non-hydrogen) atoms. The van der Waals surface area contributed by atoms with Gasteiger partial charge in [-0.2, -0.15) is 0 Å². The highest BCUT2D eigenvalue weighted by molar-refractivity contribution is 8.76. The van der Waals surface area contributed by atoms with Gasteiger partial charge in [0.1, 0.15) is 5.75 Å². The molecule has 6 saturated carbocycles. The number of aliphatic imine (C=N–C) groups is 1. The van der Waals surface area contributed by atoms with Crippen molar-refractivity contribution in [3.05, 3.63) is 76.8 Å². The fourth-order valence-corrected chi connectivity index (χ4v) is 24.6. The van der Waals surface area contributed by atoms with Crippen LogP contribution < -0.4 is 16.8 Å². The normalized spacial score (nSPS) is 47.2. The molecule has 454 valence electrons. The summed E-state index contributed by atoms with van der Waals surface area (Å²) in [4.78, 5) is 53.0. The summed E-state index contributed by atoms with van der Waals surface area (Å²) in [6, 6.07) is 8.87. The third kappa shape index (κ3) is 8.98. The van der Waals surface area contributed by atoms with E-state index >= 15 is 9.90 Å². The number of carbonyl (C=O) groups is 3. The van der Waals surface area contributed by atoms with Crippen LogP contribution >= 0.6 is 21.6 Å². The van der Waals surface area contributed by atoms with Gasteiger partial charge in [0.15, 0.2) is 17.5 Å². The Bertz CT molecular complexity index is 3080. The number of allylic oxidation sites excluding steroid dienone is 3. The SMILES string of the molecule is C[C@@H]1CCC2=CC[C@H]3[C@H](C)C[C@]4(O)CC[C@@]3(C[C@H]([C@@H]3COC(=O)[C@@H]3c3cc[nH]c3)C#CC[C@H]3C[C@@]5(O)C6=C7NCC(=O)C[C@@H](c8ccc(O)cc8)CSSC[C@H]8[C@@H](O)[C@@H](O)C[C@](C)([C@H]6[C@@H]6CC[C@H](CN=C(N)N)[C@@]5(C6)[C@H]3[C@@]4(C)O)[C@@H]8C7=O)[C@H]2C1. The van der Waals surface area contributed by atoms with Gasteiger partial charge in [0, 0.05) is 84.2 Å². The van der Waals surface area contributed by atoms with Crippen LogP contribution in [0.2, 0.25) is 0 Å². The first kappa shape index (κ1) is 58.7. The van der Waals surface area contributed by atoms with Crippen LogP contribution in [0.5, 0.6) is 5.75 Å². The second-order valence-corrected chi connectivity index (χ2v) is 31.8. The van der Waals surface area contributed by atoms with E-state index in [9.17, 15) is 35.1 Å². The lowest BCUT2D eigenvalue weighted by atomic mass is 9.37. The van der Waals surface area contributed by atoms with Crippen LogP contribution in [0.4, 0.5) is 0 Å². The summed E-state index contributed by atoms with van der Waals surface area (Å²) in [5, 5.41) is 82.1. The quantitative estimate of drug-likeness (QED) is 0.0344. The fraction of sp³-hybridized carbons (Fsp3) is 0.701. The van der Waals surface area contributed by atoms with Gasteiger partial charge in [0.2, 0.25) is 0 Å². The minimum atomic E-state index is -1.87. The van der Waals surface area contributed by atoms with Crippen molar-refractivity contribution in [2.45, 2.75) is 165 Å². The number of H-pyrrole nitrogens is 1. The molecular weight excluding hydrogens is 1100 g/mol. The van der Waals surface area contributed by atoms with Crippen LogP contribution in [-0.4, -0.2) is 119 Å². The predicted octanol–water partition coefficient (Wildman–Crippen LogP) is 7.66. The van der Waals surface area contributed by atoms with E-state index in [0.29, 0.717) is 67.9 Å². The smallest absolute Gasteiger partial charge is 0.313 e. The molecule has 6 bridgehead atoms. The fourth-order valence-electron chi connectivity index (χ4n) is 21.8. The molecule has 8 fully saturated rings. The molecule has 2 aliphatic heterocycles. The number of nitrogens with one attached hydrogen (secondary N) is 2. The van der Waals surface area contributed by atoms with Crippen molar-refractivity contribution < 1.29 is 49.8 Å². The van der Waals surface area contributed by atoms with Gasteiger partial charge in [-0.1, -0.05) is 72.1 Å². The number of nitrogens with two attached hydrogens (primary N) is 2.